The number of nitrogens with zero attached hydrogens (tertiary/aromatic N) is 3. The maximum atomic E-state index is 8.72. The second-order valence-electron chi connectivity index (χ2n) is 2.74. The molecular formula is C8H12ClN3O. The van der Waals surface area contributed by atoms with Crippen molar-refractivity contribution in [1.82, 2.24) is 9.97 Å². The van der Waals surface area contributed by atoms with Crippen LogP contribution in [0.3, 0.4) is 0 Å². The first-order valence-electron chi connectivity index (χ1n) is 3.96. The number of anilines is 1. The molecule has 0 aliphatic rings. The van der Waals surface area contributed by atoms with E-state index in [4.69, 9.17) is 16.7 Å². The van der Waals surface area contributed by atoms with Crippen molar-refractivity contribution in [2.45, 2.75) is 6.92 Å². The summed E-state index contributed by atoms with van der Waals surface area (Å²) in [6.07, 6.45) is 0. The minimum absolute atomic E-state index is 0.0944. The molecule has 0 fully saturated rings. The number of hydrogen-bond acceptors (Lipinski definition) is 4. The summed E-state index contributed by atoms with van der Waals surface area (Å²) in [6.45, 7) is 2.41. The quantitative estimate of drug-likeness (QED) is 0.738. The van der Waals surface area contributed by atoms with Crippen molar-refractivity contribution in [2.24, 2.45) is 0 Å². The van der Waals surface area contributed by atoms with Crippen LogP contribution in [-0.4, -0.2) is 35.3 Å². The molecule has 13 heavy (non-hydrogen) atoms. The van der Waals surface area contributed by atoms with Crippen LogP contribution in [-0.2, 0) is 0 Å². The van der Waals surface area contributed by atoms with E-state index >= 15 is 0 Å². The second-order valence-corrected chi connectivity index (χ2v) is 3.13. The van der Waals surface area contributed by atoms with Crippen LogP contribution in [0.5, 0.6) is 0 Å². The molecule has 0 radical (unpaired) electrons. The van der Waals surface area contributed by atoms with E-state index in [-0.39, 0.29) is 6.61 Å². The maximum absolute atomic E-state index is 8.72. The van der Waals surface area contributed by atoms with E-state index in [1.807, 2.05) is 11.9 Å². The van der Waals surface area contributed by atoms with Gasteiger partial charge in [0.15, 0.2) is 0 Å². The molecule has 0 atom stereocenters. The Morgan fingerprint density at radius 1 is 1.54 bits per heavy atom. The van der Waals surface area contributed by atoms with Gasteiger partial charge in [-0.05, 0) is 6.92 Å². The summed E-state index contributed by atoms with van der Waals surface area (Å²) in [5, 5.41) is 9.14. The molecule has 0 bridgehead atoms. The van der Waals surface area contributed by atoms with E-state index in [2.05, 4.69) is 9.97 Å². The molecule has 0 saturated heterocycles. The van der Waals surface area contributed by atoms with Gasteiger partial charge in [-0.25, -0.2) is 9.97 Å². The Hall–Kier alpha value is -0.870. The fourth-order valence-corrected chi connectivity index (χ4v) is 1.20. The summed E-state index contributed by atoms with van der Waals surface area (Å²) >= 11 is 5.75. The summed E-state index contributed by atoms with van der Waals surface area (Å²) in [5.74, 6) is 1.36. The van der Waals surface area contributed by atoms with Crippen LogP contribution in [0.15, 0.2) is 6.07 Å². The first-order valence-corrected chi connectivity index (χ1v) is 4.34. The zero-order valence-corrected chi connectivity index (χ0v) is 8.41. The Labute approximate surface area is 82.2 Å². The Morgan fingerprint density at radius 3 is 2.77 bits per heavy atom. The molecule has 72 valence electrons. The van der Waals surface area contributed by atoms with Crippen molar-refractivity contribution in [3.05, 3.63) is 17.0 Å². The van der Waals surface area contributed by atoms with Gasteiger partial charge >= 0.3 is 0 Å². The Kier molecular flexibility index (Phi) is 3.45. The summed E-state index contributed by atoms with van der Waals surface area (Å²) in [7, 11) is 1.84. The van der Waals surface area contributed by atoms with Crippen LogP contribution in [0.2, 0.25) is 5.15 Å². The van der Waals surface area contributed by atoms with Crippen LogP contribution in [0, 0.1) is 6.92 Å². The van der Waals surface area contributed by atoms with E-state index in [0.717, 1.165) is 5.82 Å². The summed E-state index contributed by atoms with van der Waals surface area (Å²) in [5.41, 5.74) is 0. The number of aryl methyl sites for hydroxylation is 1. The van der Waals surface area contributed by atoms with Crippen molar-refractivity contribution < 1.29 is 5.11 Å². The fourth-order valence-electron chi connectivity index (χ4n) is 0.977. The number of likely N-dealkylation sites (N-methyl/N-ethyl adjacent to an activating group) is 1. The normalized spacial score (nSPS) is 10.2. The summed E-state index contributed by atoms with van der Waals surface area (Å²) in [4.78, 5) is 9.93. The van der Waals surface area contributed by atoms with Crippen LogP contribution in [0.1, 0.15) is 5.82 Å². The first-order chi connectivity index (χ1) is 6.13. The molecule has 1 heterocycles. The number of aliphatic hydroxyl groups excluding tert-OH is 1. The van der Waals surface area contributed by atoms with Gasteiger partial charge in [-0.3, -0.25) is 0 Å². The topological polar surface area (TPSA) is 49.2 Å². The molecule has 0 aliphatic carbocycles. The zero-order valence-electron chi connectivity index (χ0n) is 7.66. The third-order valence-electron chi connectivity index (χ3n) is 1.62. The van der Waals surface area contributed by atoms with E-state index in [0.29, 0.717) is 17.5 Å². The molecule has 1 aromatic heterocycles. The third kappa shape index (κ3) is 2.82. The van der Waals surface area contributed by atoms with Gasteiger partial charge in [0, 0.05) is 19.7 Å². The lowest BCUT2D eigenvalue weighted by Crippen LogP contribution is -2.22. The van der Waals surface area contributed by atoms with E-state index in [9.17, 15) is 0 Å². The molecule has 0 aliphatic heterocycles. The highest BCUT2D eigenvalue weighted by Gasteiger charge is 2.04. The molecule has 0 spiro atoms. The van der Waals surface area contributed by atoms with Crippen molar-refractivity contribution in [3.63, 3.8) is 0 Å². The molecular weight excluding hydrogens is 190 g/mol. The molecule has 5 heteroatoms. The largest absolute Gasteiger partial charge is 0.395 e. The van der Waals surface area contributed by atoms with Gasteiger partial charge in [-0.2, -0.15) is 0 Å². The van der Waals surface area contributed by atoms with Gasteiger partial charge in [0.1, 0.15) is 16.8 Å². The van der Waals surface area contributed by atoms with Gasteiger partial charge in [0.05, 0.1) is 6.61 Å². The molecule has 1 N–H and O–H groups in total. The van der Waals surface area contributed by atoms with Crippen molar-refractivity contribution in [3.8, 4) is 0 Å². The highest BCUT2D eigenvalue weighted by atomic mass is 35.5. The van der Waals surface area contributed by atoms with Crippen LogP contribution >= 0.6 is 11.6 Å². The highest BCUT2D eigenvalue weighted by Crippen LogP contribution is 2.13. The molecule has 1 aromatic rings. The molecule has 4 nitrogen and oxygen atoms in total. The molecule has 1 rings (SSSR count). The minimum Gasteiger partial charge on any atom is -0.395 e. The van der Waals surface area contributed by atoms with E-state index in [1.54, 1.807) is 13.0 Å². The standard InChI is InChI=1S/C8H12ClN3O/c1-6-10-7(9)5-8(11-6)12(2)3-4-13/h5,13H,3-4H2,1-2H3. The maximum Gasteiger partial charge on any atom is 0.134 e. The lowest BCUT2D eigenvalue weighted by molar-refractivity contribution is 0.304. The molecule has 0 unspecified atom stereocenters. The van der Waals surface area contributed by atoms with Gasteiger partial charge in [-0.15, -0.1) is 0 Å². The SMILES string of the molecule is Cc1nc(Cl)cc(N(C)CCO)n1. The average molecular weight is 202 g/mol. The molecule has 0 amide bonds. The average Bonchev–Trinajstić information content (AvgIpc) is 2.03. The van der Waals surface area contributed by atoms with Gasteiger partial charge in [-0.1, -0.05) is 11.6 Å². The van der Waals surface area contributed by atoms with Gasteiger partial charge in [0.2, 0.25) is 0 Å². The summed E-state index contributed by atoms with van der Waals surface area (Å²) in [6, 6.07) is 1.67. The predicted octanol–water partition coefficient (Wildman–Crippen LogP) is 0.867. The van der Waals surface area contributed by atoms with E-state index in [1.165, 1.54) is 0 Å². The first kappa shape index (κ1) is 10.2. The number of rotatable bonds is 3. The zero-order chi connectivity index (χ0) is 9.84. The van der Waals surface area contributed by atoms with Crippen molar-refractivity contribution >= 4 is 17.4 Å². The lowest BCUT2D eigenvalue weighted by Gasteiger charge is -2.16. The minimum atomic E-state index is 0.0944. The highest BCUT2D eigenvalue weighted by molar-refractivity contribution is 6.29. The summed E-state index contributed by atoms with van der Waals surface area (Å²) < 4.78 is 0. The number of hydrogen-bond donors (Lipinski definition) is 1. The smallest absolute Gasteiger partial charge is 0.134 e. The van der Waals surface area contributed by atoms with Crippen molar-refractivity contribution in [2.75, 3.05) is 25.1 Å². The molecule has 0 saturated carbocycles. The number of aromatic nitrogens is 2. The lowest BCUT2D eigenvalue weighted by atomic mass is 10.5. The number of halogens is 1. The monoisotopic (exact) mass is 201 g/mol. The van der Waals surface area contributed by atoms with Crippen LogP contribution in [0.4, 0.5) is 5.82 Å². The van der Waals surface area contributed by atoms with E-state index < -0.39 is 0 Å². The molecule has 0 aromatic carbocycles. The second kappa shape index (κ2) is 4.39. The van der Waals surface area contributed by atoms with Crippen LogP contribution in [0.25, 0.3) is 0 Å². The Morgan fingerprint density at radius 2 is 2.23 bits per heavy atom. The van der Waals surface area contributed by atoms with Gasteiger partial charge in [0.25, 0.3) is 0 Å². The fraction of sp³-hybridized carbons (Fsp3) is 0.500. The Balaban J connectivity index is 2.87. The third-order valence-corrected chi connectivity index (χ3v) is 1.81. The Bertz CT molecular complexity index is 272. The van der Waals surface area contributed by atoms with Crippen LogP contribution < -0.4 is 4.90 Å². The van der Waals surface area contributed by atoms with Crippen molar-refractivity contribution in [1.29, 1.82) is 0 Å². The van der Waals surface area contributed by atoms with Gasteiger partial charge < -0.3 is 10.0 Å². The number of aliphatic hydroxyl groups is 1. The predicted molar refractivity (Wildman–Crippen MR) is 52.1 cm³/mol.